The van der Waals surface area contributed by atoms with Gasteiger partial charge < -0.3 is 15.7 Å². The highest BCUT2D eigenvalue weighted by molar-refractivity contribution is 6.30. The van der Waals surface area contributed by atoms with Crippen molar-refractivity contribution in [1.82, 2.24) is 10.6 Å². The molecular formula is C20H19ClN2O4. The van der Waals surface area contributed by atoms with Crippen LogP contribution in [0.1, 0.15) is 28.4 Å². The number of aryl methyl sites for hydroxylation is 1. The number of hydrogen-bond acceptors (Lipinski definition) is 3. The number of carboxylic acid groups (broad SMARTS) is 1. The van der Waals surface area contributed by atoms with Gasteiger partial charge in [-0.1, -0.05) is 41.4 Å². The Morgan fingerprint density at radius 3 is 2.19 bits per heavy atom. The van der Waals surface area contributed by atoms with Gasteiger partial charge in [0.15, 0.2) is 0 Å². The van der Waals surface area contributed by atoms with E-state index in [1.54, 1.807) is 48.5 Å². The first kappa shape index (κ1) is 20.2. The normalized spacial score (nSPS) is 12.2. The number of benzene rings is 2. The molecular weight excluding hydrogens is 368 g/mol. The van der Waals surface area contributed by atoms with Crippen molar-refractivity contribution >= 4 is 35.5 Å². The number of halogens is 1. The summed E-state index contributed by atoms with van der Waals surface area (Å²) in [5.74, 6) is -2.37. The quantitative estimate of drug-likeness (QED) is 0.665. The average molecular weight is 387 g/mol. The van der Waals surface area contributed by atoms with E-state index >= 15 is 0 Å². The van der Waals surface area contributed by atoms with Crippen molar-refractivity contribution in [2.24, 2.45) is 0 Å². The molecule has 0 unspecified atom stereocenters. The van der Waals surface area contributed by atoms with Crippen LogP contribution in [0.2, 0.25) is 5.02 Å². The molecule has 0 aliphatic heterocycles. The van der Waals surface area contributed by atoms with E-state index in [4.69, 9.17) is 16.7 Å². The zero-order valence-corrected chi connectivity index (χ0v) is 15.6. The highest BCUT2D eigenvalue weighted by atomic mass is 35.5. The molecule has 0 aliphatic rings. The third-order valence-electron chi connectivity index (χ3n) is 3.71. The van der Waals surface area contributed by atoms with Gasteiger partial charge in [-0.3, -0.25) is 14.4 Å². The van der Waals surface area contributed by atoms with Crippen LogP contribution in [-0.4, -0.2) is 28.9 Å². The second-order valence-electron chi connectivity index (χ2n) is 5.96. The summed E-state index contributed by atoms with van der Waals surface area (Å²) < 4.78 is 0. The van der Waals surface area contributed by atoms with Gasteiger partial charge in [-0.05, 0) is 49.8 Å². The molecule has 0 aliphatic carbocycles. The summed E-state index contributed by atoms with van der Waals surface area (Å²) in [6.07, 6.45) is 1.45. The predicted molar refractivity (Wildman–Crippen MR) is 103 cm³/mol. The lowest BCUT2D eigenvalue weighted by atomic mass is 10.1. The first-order valence-corrected chi connectivity index (χ1v) is 8.53. The summed E-state index contributed by atoms with van der Waals surface area (Å²) in [5, 5.41) is 14.4. The summed E-state index contributed by atoms with van der Waals surface area (Å²) in [7, 11) is 0. The molecule has 140 valence electrons. The van der Waals surface area contributed by atoms with E-state index in [1.807, 2.05) is 6.92 Å². The van der Waals surface area contributed by atoms with E-state index in [0.29, 0.717) is 16.1 Å². The number of carbonyl (C=O) groups is 3. The van der Waals surface area contributed by atoms with Gasteiger partial charge in [0.05, 0.1) is 0 Å². The smallest absolute Gasteiger partial charge is 0.325 e. The van der Waals surface area contributed by atoms with Crippen LogP contribution < -0.4 is 10.6 Å². The Kier molecular flexibility index (Phi) is 6.73. The van der Waals surface area contributed by atoms with E-state index in [0.717, 1.165) is 5.56 Å². The van der Waals surface area contributed by atoms with Crippen LogP contribution in [0, 0.1) is 6.92 Å². The lowest BCUT2D eigenvalue weighted by molar-refractivity contribution is -0.140. The Morgan fingerprint density at radius 1 is 1.04 bits per heavy atom. The van der Waals surface area contributed by atoms with Crippen molar-refractivity contribution in [3.8, 4) is 0 Å². The minimum Gasteiger partial charge on any atom is -0.480 e. The van der Waals surface area contributed by atoms with Crippen LogP contribution in [0.15, 0.2) is 54.2 Å². The van der Waals surface area contributed by atoms with Crippen LogP contribution in [0.4, 0.5) is 0 Å². The molecule has 2 aromatic carbocycles. The first-order valence-electron chi connectivity index (χ1n) is 8.15. The summed E-state index contributed by atoms with van der Waals surface area (Å²) in [6.45, 7) is 3.23. The van der Waals surface area contributed by atoms with Crippen LogP contribution >= 0.6 is 11.6 Å². The molecule has 27 heavy (non-hydrogen) atoms. The standard InChI is InChI=1S/C20H19ClN2O4/c1-12-3-7-15(8-4-12)18(24)23-17(19(25)22-13(2)20(26)27)11-14-5-9-16(21)10-6-14/h3-11,13H,1-2H3,(H,22,25)(H,23,24)(H,26,27)/b17-11+/t13-/m0/s1. The molecule has 2 amide bonds. The van der Waals surface area contributed by atoms with Gasteiger partial charge in [0.2, 0.25) is 0 Å². The number of carbonyl (C=O) groups excluding carboxylic acids is 2. The predicted octanol–water partition coefficient (Wildman–Crippen LogP) is 3.01. The summed E-state index contributed by atoms with van der Waals surface area (Å²) >= 11 is 5.86. The molecule has 0 saturated carbocycles. The Morgan fingerprint density at radius 2 is 1.63 bits per heavy atom. The largest absolute Gasteiger partial charge is 0.480 e. The maximum absolute atomic E-state index is 12.5. The number of nitrogens with one attached hydrogen (secondary N) is 2. The average Bonchev–Trinajstić information content (AvgIpc) is 2.63. The SMILES string of the molecule is Cc1ccc(C(=O)N/C(=C/c2ccc(Cl)cc2)C(=O)N[C@@H](C)C(=O)O)cc1. The maximum Gasteiger partial charge on any atom is 0.325 e. The molecule has 7 heteroatoms. The van der Waals surface area contributed by atoms with E-state index < -0.39 is 23.8 Å². The zero-order valence-electron chi connectivity index (χ0n) is 14.8. The first-order chi connectivity index (χ1) is 12.8. The summed E-state index contributed by atoms with van der Waals surface area (Å²) in [4.78, 5) is 35.9. The third kappa shape index (κ3) is 5.97. The van der Waals surface area contributed by atoms with Gasteiger partial charge in [-0.2, -0.15) is 0 Å². The van der Waals surface area contributed by atoms with E-state index in [9.17, 15) is 14.4 Å². The lowest BCUT2D eigenvalue weighted by Gasteiger charge is -2.13. The van der Waals surface area contributed by atoms with E-state index in [1.165, 1.54) is 13.0 Å². The highest BCUT2D eigenvalue weighted by Gasteiger charge is 2.19. The van der Waals surface area contributed by atoms with E-state index in [-0.39, 0.29) is 5.70 Å². The number of amides is 2. The lowest BCUT2D eigenvalue weighted by Crippen LogP contribution is -2.42. The molecule has 3 N–H and O–H groups in total. The van der Waals surface area contributed by atoms with Gasteiger partial charge in [0.1, 0.15) is 11.7 Å². The van der Waals surface area contributed by atoms with Gasteiger partial charge in [0, 0.05) is 10.6 Å². The summed E-state index contributed by atoms with van der Waals surface area (Å²) in [5.41, 5.74) is 1.92. The van der Waals surface area contributed by atoms with Gasteiger partial charge in [-0.15, -0.1) is 0 Å². The molecule has 0 fully saturated rings. The minimum atomic E-state index is -1.18. The fourth-order valence-corrected chi connectivity index (χ4v) is 2.25. The van der Waals surface area contributed by atoms with Gasteiger partial charge in [0.25, 0.3) is 11.8 Å². The van der Waals surface area contributed by atoms with Gasteiger partial charge in [-0.25, -0.2) is 0 Å². The molecule has 0 heterocycles. The number of aliphatic carboxylic acids is 1. The molecule has 6 nitrogen and oxygen atoms in total. The molecule has 2 rings (SSSR count). The number of rotatable bonds is 6. The Bertz CT molecular complexity index is 874. The van der Waals surface area contributed by atoms with Crippen molar-refractivity contribution in [3.05, 3.63) is 75.9 Å². The fraction of sp³-hybridized carbons (Fsp3) is 0.150. The third-order valence-corrected chi connectivity index (χ3v) is 3.96. The molecule has 0 aromatic heterocycles. The fourth-order valence-electron chi connectivity index (χ4n) is 2.12. The Hall–Kier alpha value is -3.12. The molecule has 0 saturated heterocycles. The Labute approximate surface area is 161 Å². The zero-order chi connectivity index (χ0) is 20.0. The molecule has 0 spiro atoms. The van der Waals surface area contributed by atoms with Crippen LogP contribution in [0.5, 0.6) is 0 Å². The highest BCUT2D eigenvalue weighted by Crippen LogP contribution is 2.13. The number of carboxylic acids is 1. The number of hydrogen-bond donors (Lipinski definition) is 3. The van der Waals surface area contributed by atoms with Crippen molar-refractivity contribution in [1.29, 1.82) is 0 Å². The topological polar surface area (TPSA) is 95.5 Å². The molecule has 0 bridgehead atoms. The second-order valence-corrected chi connectivity index (χ2v) is 6.40. The van der Waals surface area contributed by atoms with Crippen molar-refractivity contribution < 1.29 is 19.5 Å². The van der Waals surface area contributed by atoms with Gasteiger partial charge >= 0.3 is 5.97 Å². The van der Waals surface area contributed by atoms with E-state index in [2.05, 4.69) is 10.6 Å². The molecule has 2 aromatic rings. The van der Waals surface area contributed by atoms with Crippen LogP contribution in [0.25, 0.3) is 6.08 Å². The van der Waals surface area contributed by atoms with Crippen LogP contribution in [-0.2, 0) is 9.59 Å². The molecule has 1 atom stereocenters. The minimum absolute atomic E-state index is 0.0732. The maximum atomic E-state index is 12.5. The van der Waals surface area contributed by atoms with Crippen molar-refractivity contribution in [3.63, 3.8) is 0 Å². The van der Waals surface area contributed by atoms with Crippen molar-refractivity contribution in [2.45, 2.75) is 19.9 Å². The Balaban J connectivity index is 2.29. The second kappa shape index (κ2) is 9.00. The van der Waals surface area contributed by atoms with Crippen molar-refractivity contribution in [2.75, 3.05) is 0 Å². The van der Waals surface area contributed by atoms with Crippen LogP contribution in [0.3, 0.4) is 0 Å². The monoisotopic (exact) mass is 386 g/mol. The summed E-state index contributed by atoms with van der Waals surface area (Å²) in [6, 6.07) is 12.4. The molecule has 0 radical (unpaired) electrons.